The van der Waals surface area contributed by atoms with Gasteiger partial charge in [-0.3, -0.25) is 4.79 Å². The van der Waals surface area contributed by atoms with E-state index in [0.717, 1.165) is 30.7 Å². The van der Waals surface area contributed by atoms with Crippen LogP contribution in [0, 0.1) is 0 Å². The van der Waals surface area contributed by atoms with Gasteiger partial charge >= 0.3 is 0 Å². The van der Waals surface area contributed by atoms with Crippen LogP contribution in [0.1, 0.15) is 25.3 Å². The van der Waals surface area contributed by atoms with Crippen molar-refractivity contribution in [2.75, 3.05) is 13.7 Å². The molecule has 1 atom stereocenters. The van der Waals surface area contributed by atoms with Gasteiger partial charge < -0.3 is 15.4 Å². The van der Waals surface area contributed by atoms with E-state index in [4.69, 9.17) is 4.74 Å². The lowest BCUT2D eigenvalue weighted by atomic mass is 9.99. The van der Waals surface area contributed by atoms with Crippen molar-refractivity contribution in [2.24, 2.45) is 0 Å². The summed E-state index contributed by atoms with van der Waals surface area (Å²) in [6, 6.07) is 7.74. The zero-order chi connectivity index (χ0) is 13.0. The first-order valence-electron chi connectivity index (χ1n) is 6.30. The van der Waals surface area contributed by atoms with Crippen LogP contribution in [0.25, 0.3) is 0 Å². The minimum absolute atomic E-state index is 0.0721. The molecule has 1 aliphatic rings. The molecule has 4 heteroatoms. The number of carbonyl (C=O) groups excluding carboxylic acids is 1. The maximum atomic E-state index is 12.1. The first-order chi connectivity index (χ1) is 8.64. The van der Waals surface area contributed by atoms with Crippen molar-refractivity contribution < 1.29 is 9.53 Å². The van der Waals surface area contributed by atoms with Crippen molar-refractivity contribution in [3.63, 3.8) is 0 Å². The van der Waals surface area contributed by atoms with Gasteiger partial charge in [0.2, 0.25) is 5.91 Å². The fourth-order valence-electron chi connectivity index (χ4n) is 2.25. The lowest BCUT2D eigenvalue weighted by Crippen LogP contribution is -2.50. The number of methoxy groups -OCH3 is 1. The van der Waals surface area contributed by atoms with Gasteiger partial charge in [-0.15, -0.1) is 0 Å². The molecule has 0 saturated carbocycles. The summed E-state index contributed by atoms with van der Waals surface area (Å²) in [6.45, 7) is 3.41. The molecule has 0 bridgehead atoms. The van der Waals surface area contributed by atoms with E-state index in [2.05, 4.69) is 10.6 Å². The summed E-state index contributed by atoms with van der Waals surface area (Å²) in [5.74, 6) is 0.884. The Morgan fingerprint density at radius 3 is 3.06 bits per heavy atom. The Kier molecular flexibility index (Phi) is 3.87. The van der Waals surface area contributed by atoms with Crippen molar-refractivity contribution in [1.29, 1.82) is 0 Å². The summed E-state index contributed by atoms with van der Waals surface area (Å²) < 4.78 is 5.16. The Bertz CT molecular complexity index is 426. The average Bonchev–Trinajstić information content (AvgIpc) is 2.84. The maximum absolute atomic E-state index is 12.1. The number of hydrogen-bond donors (Lipinski definition) is 2. The number of nitrogens with one attached hydrogen (secondary N) is 2. The summed E-state index contributed by atoms with van der Waals surface area (Å²) in [4.78, 5) is 12.1. The van der Waals surface area contributed by atoms with Crippen LogP contribution in [0.5, 0.6) is 5.75 Å². The number of hydrogen-bond acceptors (Lipinski definition) is 3. The van der Waals surface area contributed by atoms with Crippen LogP contribution in [-0.4, -0.2) is 25.1 Å². The van der Waals surface area contributed by atoms with E-state index in [-0.39, 0.29) is 5.91 Å². The average molecular weight is 248 g/mol. The van der Waals surface area contributed by atoms with E-state index in [1.165, 1.54) is 0 Å². The van der Waals surface area contributed by atoms with Crippen molar-refractivity contribution in [3.05, 3.63) is 29.8 Å². The van der Waals surface area contributed by atoms with E-state index < -0.39 is 5.54 Å². The molecular weight excluding hydrogens is 228 g/mol. The zero-order valence-electron chi connectivity index (χ0n) is 11.0. The molecule has 0 spiro atoms. The van der Waals surface area contributed by atoms with Gasteiger partial charge in [-0.1, -0.05) is 12.1 Å². The fraction of sp³-hybridized carbons (Fsp3) is 0.500. The minimum atomic E-state index is -0.404. The Balaban J connectivity index is 1.92. The molecule has 1 heterocycles. The van der Waals surface area contributed by atoms with Crippen LogP contribution in [0.3, 0.4) is 0 Å². The number of amides is 1. The number of carbonyl (C=O) groups is 1. The predicted octanol–water partition coefficient (Wildman–Crippen LogP) is 1.45. The maximum Gasteiger partial charge on any atom is 0.240 e. The highest BCUT2D eigenvalue weighted by atomic mass is 16.5. The highest BCUT2D eigenvalue weighted by Gasteiger charge is 2.35. The van der Waals surface area contributed by atoms with Gasteiger partial charge in [-0.05, 0) is 44.0 Å². The van der Waals surface area contributed by atoms with E-state index in [1.807, 2.05) is 31.2 Å². The van der Waals surface area contributed by atoms with Gasteiger partial charge in [0.1, 0.15) is 5.75 Å². The van der Waals surface area contributed by atoms with Crippen LogP contribution in [0.4, 0.5) is 0 Å². The third kappa shape index (κ3) is 2.82. The molecule has 1 saturated heterocycles. The molecule has 98 valence electrons. The summed E-state index contributed by atoms with van der Waals surface area (Å²) in [5.41, 5.74) is 0.642. The quantitative estimate of drug-likeness (QED) is 0.848. The second kappa shape index (κ2) is 5.40. The molecule has 0 aromatic heterocycles. The van der Waals surface area contributed by atoms with Crippen LogP contribution in [0.2, 0.25) is 0 Å². The van der Waals surface area contributed by atoms with Gasteiger partial charge in [0, 0.05) is 6.54 Å². The topological polar surface area (TPSA) is 50.4 Å². The molecule has 1 amide bonds. The monoisotopic (exact) mass is 248 g/mol. The van der Waals surface area contributed by atoms with Gasteiger partial charge in [-0.2, -0.15) is 0 Å². The van der Waals surface area contributed by atoms with Crippen LogP contribution >= 0.6 is 0 Å². The van der Waals surface area contributed by atoms with Gasteiger partial charge in [-0.25, -0.2) is 0 Å². The zero-order valence-corrected chi connectivity index (χ0v) is 11.0. The van der Waals surface area contributed by atoms with Gasteiger partial charge in [0.25, 0.3) is 0 Å². The predicted molar refractivity (Wildman–Crippen MR) is 70.5 cm³/mol. The smallest absolute Gasteiger partial charge is 0.240 e. The van der Waals surface area contributed by atoms with E-state index in [0.29, 0.717) is 6.54 Å². The third-order valence-electron chi connectivity index (χ3n) is 3.46. The molecule has 2 rings (SSSR count). The van der Waals surface area contributed by atoms with Gasteiger partial charge in [0.15, 0.2) is 0 Å². The summed E-state index contributed by atoms with van der Waals surface area (Å²) in [5, 5.41) is 6.23. The van der Waals surface area contributed by atoms with E-state index in [9.17, 15) is 4.79 Å². The van der Waals surface area contributed by atoms with Crippen LogP contribution < -0.4 is 15.4 Å². The highest BCUT2D eigenvalue weighted by Crippen LogP contribution is 2.19. The fourth-order valence-corrected chi connectivity index (χ4v) is 2.25. The van der Waals surface area contributed by atoms with Crippen molar-refractivity contribution >= 4 is 5.91 Å². The van der Waals surface area contributed by atoms with E-state index >= 15 is 0 Å². The lowest BCUT2D eigenvalue weighted by molar-refractivity contribution is -0.126. The van der Waals surface area contributed by atoms with Crippen LogP contribution in [-0.2, 0) is 11.3 Å². The number of rotatable bonds is 4. The second-order valence-electron chi connectivity index (χ2n) is 4.90. The highest BCUT2D eigenvalue weighted by molar-refractivity contribution is 5.86. The molecule has 1 aliphatic heterocycles. The minimum Gasteiger partial charge on any atom is -0.497 e. The first-order valence-corrected chi connectivity index (χ1v) is 6.30. The SMILES string of the molecule is COc1cccc(CNC(=O)C2(C)CCCN2)c1. The van der Waals surface area contributed by atoms with Crippen molar-refractivity contribution in [1.82, 2.24) is 10.6 Å². The molecule has 2 N–H and O–H groups in total. The lowest BCUT2D eigenvalue weighted by Gasteiger charge is -2.23. The second-order valence-corrected chi connectivity index (χ2v) is 4.90. The molecule has 4 nitrogen and oxygen atoms in total. The summed E-state index contributed by atoms with van der Waals surface area (Å²) in [6.07, 6.45) is 1.96. The standard InChI is InChI=1S/C14H20N2O2/c1-14(7-4-8-16-14)13(17)15-10-11-5-3-6-12(9-11)18-2/h3,5-6,9,16H,4,7-8,10H2,1-2H3,(H,15,17). The number of ether oxygens (including phenoxy) is 1. The molecule has 1 aromatic rings. The normalized spacial score (nSPS) is 22.8. The van der Waals surface area contributed by atoms with Gasteiger partial charge in [0.05, 0.1) is 12.6 Å². The van der Waals surface area contributed by atoms with Crippen LogP contribution in [0.15, 0.2) is 24.3 Å². The van der Waals surface area contributed by atoms with E-state index in [1.54, 1.807) is 7.11 Å². The summed E-state index contributed by atoms with van der Waals surface area (Å²) in [7, 11) is 1.64. The number of benzene rings is 1. The van der Waals surface area contributed by atoms with Crippen molar-refractivity contribution in [2.45, 2.75) is 31.8 Å². The Hall–Kier alpha value is -1.55. The molecule has 0 radical (unpaired) electrons. The molecule has 1 unspecified atom stereocenters. The first kappa shape index (κ1) is 12.9. The summed E-state index contributed by atoms with van der Waals surface area (Å²) >= 11 is 0. The molecule has 1 aromatic carbocycles. The largest absolute Gasteiger partial charge is 0.497 e. The molecule has 1 fully saturated rings. The Morgan fingerprint density at radius 2 is 2.39 bits per heavy atom. The molecule has 0 aliphatic carbocycles. The Labute approximate surface area is 108 Å². The van der Waals surface area contributed by atoms with Crippen molar-refractivity contribution in [3.8, 4) is 5.75 Å². The molecule has 18 heavy (non-hydrogen) atoms. The third-order valence-corrected chi connectivity index (χ3v) is 3.46. The molecular formula is C14H20N2O2. The Morgan fingerprint density at radius 1 is 1.56 bits per heavy atom.